The highest BCUT2D eigenvalue weighted by Gasteiger charge is 2.16. The van der Waals surface area contributed by atoms with E-state index in [2.05, 4.69) is 20.5 Å². The van der Waals surface area contributed by atoms with Crippen molar-refractivity contribution in [3.63, 3.8) is 0 Å². The van der Waals surface area contributed by atoms with E-state index in [4.69, 9.17) is 4.74 Å². The Labute approximate surface area is 177 Å². The van der Waals surface area contributed by atoms with Gasteiger partial charge in [-0.2, -0.15) is 0 Å². The first-order valence-corrected chi connectivity index (χ1v) is 10.2. The molecule has 2 amide bonds. The minimum absolute atomic E-state index is 0.297. The van der Waals surface area contributed by atoms with Crippen LogP contribution in [0.3, 0.4) is 0 Å². The Bertz CT molecular complexity index is 872. The normalized spacial score (nSPS) is 14.9. The molecule has 1 aliphatic rings. The van der Waals surface area contributed by atoms with Crippen molar-refractivity contribution in [1.29, 1.82) is 0 Å². The van der Waals surface area contributed by atoms with E-state index in [1.807, 2.05) is 36.4 Å². The van der Waals surface area contributed by atoms with E-state index in [1.54, 1.807) is 26.3 Å². The zero-order valence-electron chi connectivity index (χ0n) is 17.4. The maximum atomic E-state index is 12.4. The van der Waals surface area contributed by atoms with Gasteiger partial charge < -0.3 is 20.3 Å². The van der Waals surface area contributed by atoms with Crippen LogP contribution in [-0.4, -0.2) is 43.0 Å². The minimum Gasteiger partial charge on any atom is -0.497 e. The second-order valence-electron chi connectivity index (χ2n) is 7.28. The van der Waals surface area contributed by atoms with E-state index < -0.39 is 6.04 Å². The van der Waals surface area contributed by atoms with Crippen LogP contribution in [0.4, 0.5) is 11.5 Å². The first kappa shape index (κ1) is 21.4. The predicted octanol–water partition coefficient (Wildman–Crippen LogP) is 3.24. The highest BCUT2D eigenvalue weighted by Crippen LogP contribution is 2.19. The molecule has 0 spiro atoms. The smallest absolute Gasteiger partial charge is 0.246 e. The standard InChI is InChI=1S/C23H28N4O3/c1-17(25-22(28)13-8-18-6-10-20(30-2)11-7-18)23(29)26-19-9-12-21(24-16-19)27-14-4-3-5-15-27/h6-13,16-17H,3-5,14-15H2,1-2H3,(H,25,28)(H,26,29)/b13-8+. The summed E-state index contributed by atoms with van der Waals surface area (Å²) in [7, 11) is 1.60. The lowest BCUT2D eigenvalue weighted by molar-refractivity contribution is -0.123. The third-order valence-corrected chi connectivity index (χ3v) is 4.99. The Hall–Kier alpha value is -3.35. The van der Waals surface area contributed by atoms with Crippen molar-refractivity contribution in [2.45, 2.75) is 32.2 Å². The topological polar surface area (TPSA) is 83.6 Å². The van der Waals surface area contributed by atoms with Gasteiger partial charge in [-0.15, -0.1) is 0 Å². The fraction of sp³-hybridized carbons (Fsp3) is 0.348. The third kappa shape index (κ3) is 6.07. The SMILES string of the molecule is COc1ccc(/C=C/C(=O)NC(C)C(=O)Nc2ccc(N3CCCCC3)nc2)cc1. The van der Waals surface area contributed by atoms with Crippen LogP contribution < -0.4 is 20.3 Å². The first-order valence-electron chi connectivity index (χ1n) is 10.2. The minimum atomic E-state index is -0.681. The second-order valence-corrected chi connectivity index (χ2v) is 7.28. The first-order chi connectivity index (χ1) is 14.5. The number of anilines is 2. The molecule has 0 saturated carbocycles. The number of benzene rings is 1. The lowest BCUT2D eigenvalue weighted by Crippen LogP contribution is -2.40. The summed E-state index contributed by atoms with van der Waals surface area (Å²) in [5, 5.41) is 5.46. The number of pyridine rings is 1. The van der Waals surface area contributed by atoms with Gasteiger partial charge in [-0.1, -0.05) is 12.1 Å². The van der Waals surface area contributed by atoms with Crippen molar-refractivity contribution in [3.05, 3.63) is 54.2 Å². The van der Waals surface area contributed by atoms with Crippen LogP contribution in [0.1, 0.15) is 31.7 Å². The fourth-order valence-electron chi connectivity index (χ4n) is 3.23. The van der Waals surface area contributed by atoms with Gasteiger partial charge in [0.15, 0.2) is 0 Å². The number of carbonyl (C=O) groups is 2. The molecule has 1 unspecified atom stereocenters. The van der Waals surface area contributed by atoms with Crippen LogP contribution in [-0.2, 0) is 9.59 Å². The highest BCUT2D eigenvalue weighted by atomic mass is 16.5. The number of ether oxygens (including phenoxy) is 1. The summed E-state index contributed by atoms with van der Waals surface area (Å²) in [6, 6.07) is 10.4. The molecule has 2 N–H and O–H groups in total. The number of piperidine rings is 1. The van der Waals surface area contributed by atoms with Crippen molar-refractivity contribution in [1.82, 2.24) is 10.3 Å². The molecule has 2 heterocycles. The monoisotopic (exact) mass is 408 g/mol. The zero-order valence-corrected chi connectivity index (χ0v) is 17.4. The largest absolute Gasteiger partial charge is 0.497 e. The van der Waals surface area contributed by atoms with Gasteiger partial charge in [-0.3, -0.25) is 9.59 Å². The molecular formula is C23H28N4O3. The van der Waals surface area contributed by atoms with Crippen molar-refractivity contribution < 1.29 is 14.3 Å². The molecule has 0 bridgehead atoms. The van der Waals surface area contributed by atoms with Crippen LogP contribution in [0, 0.1) is 0 Å². The number of nitrogens with zero attached hydrogens (tertiary/aromatic N) is 2. The summed E-state index contributed by atoms with van der Waals surface area (Å²) in [6.07, 6.45) is 8.38. The number of rotatable bonds is 7. The maximum absolute atomic E-state index is 12.4. The van der Waals surface area contributed by atoms with E-state index >= 15 is 0 Å². The Kier molecular flexibility index (Phi) is 7.43. The van der Waals surface area contributed by atoms with Gasteiger partial charge in [0, 0.05) is 19.2 Å². The summed E-state index contributed by atoms with van der Waals surface area (Å²) in [5.74, 6) is 1.04. The van der Waals surface area contributed by atoms with Crippen molar-refractivity contribution in [3.8, 4) is 5.75 Å². The molecule has 1 fully saturated rings. The lowest BCUT2D eigenvalue weighted by atomic mass is 10.1. The Morgan fingerprint density at radius 3 is 2.47 bits per heavy atom. The van der Waals surface area contributed by atoms with Gasteiger partial charge >= 0.3 is 0 Å². The fourth-order valence-corrected chi connectivity index (χ4v) is 3.23. The molecule has 7 heteroatoms. The zero-order chi connectivity index (χ0) is 21.3. The molecule has 0 aliphatic carbocycles. The lowest BCUT2D eigenvalue weighted by Gasteiger charge is -2.27. The van der Waals surface area contributed by atoms with Crippen LogP contribution in [0.25, 0.3) is 6.08 Å². The van der Waals surface area contributed by atoms with Gasteiger partial charge in [-0.25, -0.2) is 4.98 Å². The van der Waals surface area contributed by atoms with Crippen LogP contribution in [0.5, 0.6) is 5.75 Å². The van der Waals surface area contributed by atoms with Crippen LogP contribution >= 0.6 is 0 Å². The van der Waals surface area contributed by atoms with Crippen molar-refractivity contribution in [2.24, 2.45) is 0 Å². The van der Waals surface area contributed by atoms with Crippen LogP contribution in [0.15, 0.2) is 48.7 Å². The van der Waals surface area contributed by atoms with Crippen molar-refractivity contribution >= 4 is 29.4 Å². The van der Waals surface area contributed by atoms with E-state index in [-0.39, 0.29) is 11.8 Å². The average Bonchev–Trinajstić information content (AvgIpc) is 2.79. The molecular weight excluding hydrogens is 380 g/mol. The molecule has 3 rings (SSSR count). The Morgan fingerprint density at radius 1 is 1.10 bits per heavy atom. The second kappa shape index (κ2) is 10.4. The number of carbonyl (C=O) groups excluding carboxylic acids is 2. The molecule has 1 aromatic heterocycles. The number of hydrogen-bond acceptors (Lipinski definition) is 5. The van der Waals surface area contributed by atoms with Crippen molar-refractivity contribution in [2.75, 3.05) is 30.4 Å². The van der Waals surface area contributed by atoms with E-state index in [0.29, 0.717) is 5.69 Å². The molecule has 1 aliphatic heterocycles. The van der Waals surface area contributed by atoms with Gasteiger partial charge in [-0.05, 0) is 62.1 Å². The van der Waals surface area contributed by atoms with Gasteiger partial charge in [0.05, 0.1) is 19.0 Å². The van der Waals surface area contributed by atoms with Crippen LogP contribution in [0.2, 0.25) is 0 Å². The molecule has 1 atom stereocenters. The number of amides is 2. The summed E-state index contributed by atoms with van der Waals surface area (Å²) in [4.78, 5) is 31.2. The molecule has 30 heavy (non-hydrogen) atoms. The molecule has 0 radical (unpaired) electrons. The molecule has 1 aromatic carbocycles. The molecule has 2 aromatic rings. The molecule has 158 valence electrons. The third-order valence-electron chi connectivity index (χ3n) is 4.99. The quantitative estimate of drug-likeness (QED) is 0.687. The summed E-state index contributed by atoms with van der Waals surface area (Å²) in [5.41, 5.74) is 1.47. The van der Waals surface area contributed by atoms with E-state index in [1.165, 1.54) is 25.3 Å². The number of hydrogen-bond donors (Lipinski definition) is 2. The number of nitrogens with one attached hydrogen (secondary N) is 2. The summed E-state index contributed by atoms with van der Waals surface area (Å²) < 4.78 is 5.11. The number of methoxy groups -OCH3 is 1. The predicted molar refractivity (Wildman–Crippen MR) is 119 cm³/mol. The summed E-state index contributed by atoms with van der Waals surface area (Å²) in [6.45, 7) is 3.68. The van der Waals surface area contributed by atoms with Gasteiger partial charge in [0.25, 0.3) is 0 Å². The highest BCUT2D eigenvalue weighted by molar-refractivity contribution is 5.99. The molecule has 7 nitrogen and oxygen atoms in total. The Morgan fingerprint density at radius 2 is 1.83 bits per heavy atom. The maximum Gasteiger partial charge on any atom is 0.246 e. The average molecular weight is 409 g/mol. The summed E-state index contributed by atoms with van der Waals surface area (Å²) >= 11 is 0. The van der Waals surface area contributed by atoms with Gasteiger partial charge in [0.2, 0.25) is 11.8 Å². The van der Waals surface area contributed by atoms with E-state index in [0.717, 1.165) is 30.2 Å². The van der Waals surface area contributed by atoms with E-state index in [9.17, 15) is 9.59 Å². The number of aromatic nitrogens is 1. The van der Waals surface area contributed by atoms with Gasteiger partial charge in [0.1, 0.15) is 17.6 Å². The molecule has 1 saturated heterocycles. The Balaban J connectivity index is 1.48.